The first-order valence-corrected chi connectivity index (χ1v) is 7.21. The highest BCUT2D eigenvalue weighted by Gasteiger charge is 2.34. The lowest BCUT2D eigenvalue weighted by molar-refractivity contribution is -0.0910. The fraction of sp³-hybridized carbons (Fsp3) is 0.929. The zero-order valence-electron chi connectivity index (χ0n) is 12.3. The zero-order valence-corrected chi connectivity index (χ0v) is 12.3. The number of guanidine groups is 1. The van der Waals surface area contributed by atoms with Crippen molar-refractivity contribution < 1.29 is 4.74 Å². The molecule has 1 aliphatic heterocycles. The molecule has 0 aliphatic carbocycles. The largest absolute Gasteiger partial charge is 0.375 e. The monoisotopic (exact) mass is 255 g/mol. The quantitative estimate of drug-likeness (QED) is 0.585. The molecular formula is C14H29N3O. The average Bonchev–Trinajstić information content (AvgIpc) is 2.36. The number of hydrogen-bond donors (Lipinski definition) is 2. The topological polar surface area (TPSA) is 59.6 Å². The van der Waals surface area contributed by atoms with Crippen LogP contribution in [0.5, 0.6) is 0 Å². The van der Waals surface area contributed by atoms with Crippen molar-refractivity contribution in [1.29, 1.82) is 0 Å². The van der Waals surface area contributed by atoms with Gasteiger partial charge in [0, 0.05) is 19.2 Å². The summed E-state index contributed by atoms with van der Waals surface area (Å²) in [7, 11) is 0. The Labute approximate surface area is 111 Å². The van der Waals surface area contributed by atoms with Crippen molar-refractivity contribution in [3.63, 3.8) is 0 Å². The number of ether oxygens (including phenoxy) is 1. The molecule has 0 aromatic rings. The summed E-state index contributed by atoms with van der Waals surface area (Å²) in [5.41, 5.74) is 5.96. The van der Waals surface area contributed by atoms with Crippen LogP contribution in [0.25, 0.3) is 0 Å². The third-order valence-electron chi connectivity index (χ3n) is 3.76. The van der Waals surface area contributed by atoms with Crippen molar-refractivity contribution in [2.24, 2.45) is 16.6 Å². The zero-order chi connectivity index (χ0) is 13.6. The molecule has 1 aliphatic rings. The lowest BCUT2D eigenvalue weighted by atomic mass is 9.86. The van der Waals surface area contributed by atoms with E-state index in [1.807, 2.05) is 0 Å². The molecule has 0 radical (unpaired) electrons. The van der Waals surface area contributed by atoms with Gasteiger partial charge in [0.05, 0.1) is 5.60 Å². The molecule has 0 amide bonds. The van der Waals surface area contributed by atoms with E-state index < -0.39 is 0 Å². The Bertz CT molecular complexity index is 272. The molecule has 18 heavy (non-hydrogen) atoms. The third kappa shape index (κ3) is 4.48. The lowest BCUT2D eigenvalue weighted by Gasteiger charge is -2.40. The van der Waals surface area contributed by atoms with E-state index in [1.54, 1.807) is 0 Å². The number of rotatable bonds is 5. The molecule has 0 aromatic heterocycles. The van der Waals surface area contributed by atoms with Gasteiger partial charge in [0.25, 0.3) is 0 Å². The van der Waals surface area contributed by atoms with Crippen LogP contribution in [0.1, 0.15) is 53.4 Å². The minimum absolute atomic E-state index is 0.0360. The molecule has 1 unspecified atom stereocenters. The molecule has 1 heterocycles. The second kappa shape index (κ2) is 6.98. The van der Waals surface area contributed by atoms with Crippen molar-refractivity contribution in [3.05, 3.63) is 0 Å². The molecule has 1 saturated heterocycles. The van der Waals surface area contributed by atoms with Gasteiger partial charge in [-0.2, -0.15) is 0 Å². The fourth-order valence-corrected chi connectivity index (χ4v) is 2.43. The van der Waals surface area contributed by atoms with Crippen molar-refractivity contribution >= 4 is 5.96 Å². The molecule has 3 N–H and O–H groups in total. The van der Waals surface area contributed by atoms with Crippen molar-refractivity contribution in [3.8, 4) is 0 Å². The van der Waals surface area contributed by atoms with Gasteiger partial charge in [-0.15, -0.1) is 0 Å². The first-order valence-electron chi connectivity index (χ1n) is 7.21. The van der Waals surface area contributed by atoms with Crippen LogP contribution < -0.4 is 11.1 Å². The van der Waals surface area contributed by atoms with Crippen molar-refractivity contribution in [2.45, 2.75) is 65.0 Å². The number of aliphatic imine (C=N–C) groups is 1. The highest BCUT2D eigenvalue weighted by molar-refractivity contribution is 5.78. The average molecular weight is 255 g/mol. The summed E-state index contributed by atoms with van der Waals surface area (Å²) in [5.74, 6) is 1.13. The smallest absolute Gasteiger partial charge is 0.188 e. The van der Waals surface area contributed by atoms with Crippen LogP contribution in [0, 0.1) is 5.92 Å². The van der Waals surface area contributed by atoms with Crippen LogP contribution in [-0.4, -0.2) is 30.8 Å². The maximum atomic E-state index is 5.95. The minimum atomic E-state index is 0.0360. The highest BCUT2D eigenvalue weighted by Crippen LogP contribution is 2.31. The second-order valence-corrected chi connectivity index (χ2v) is 5.69. The SMILES string of the molecule is CCC1(CC)CC(NC(N)=NCC(C)C)CCO1. The molecule has 0 aromatic carbocycles. The summed E-state index contributed by atoms with van der Waals surface area (Å²) < 4.78 is 5.95. The first kappa shape index (κ1) is 15.3. The van der Waals surface area contributed by atoms with E-state index in [4.69, 9.17) is 10.5 Å². The Morgan fingerprint density at radius 1 is 1.44 bits per heavy atom. The summed E-state index contributed by atoms with van der Waals surface area (Å²) in [4.78, 5) is 4.36. The minimum Gasteiger partial charge on any atom is -0.375 e. The normalized spacial score (nSPS) is 24.3. The van der Waals surface area contributed by atoms with Crippen LogP contribution in [-0.2, 0) is 4.74 Å². The lowest BCUT2D eigenvalue weighted by Crippen LogP contribution is -2.50. The Kier molecular flexibility index (Phi) is 5.93. The van der Waals surface area contributed by atoms with Crippen molar-refractivity contribution in [2.75, 3.05) is 13.2 Å². The summed E-state index contributed by atoms with van der Waals surface area (Å²) >= 11 is 0. The maximum Gasteiger partial charge on any atom is 0.188 e. The van der Waals surface area contributed by atoms with Gasteiger partial charge in [-0.3, -0.25) is 4.99 Å². The number of nitrogens with two attached hydrogens (primary N) is 1. The molecule has 1 atom stereocenters. The van der Waals surface area contributed by atoms with Crippen LogP contribution in [0.4, 0.5) is 0 Å². The molecule has 4 nitrogen and oxygen atoms in total. The Morgan fingerprint density at radius 2 is 2.11 bits per heavy atom. The van der Waals surface area contributed by atoms with Crippen LogP contribution >= 0.6 is 0 Å². The molecule has 0 bridgehead atoms. The molecule has 1 rings (SSSR count). The Morgan fingerprint density at radius 3 is 2.67 bits per heavy atom. The van der Waals surface area contributed by atoms with Gasteiger partial charge in [-0.05, 0) is 31.6 Å². The van der Waals surface area contributed by atoms with E-state index in [2.05, 4.69) is 38.0 Å². The molecule has 4 heteroatoms. The summed E-state index contributed by atoms with van der Waals surface area (Å²) in [6.07, 6.45) is 4.16. The van der Waals surface area contributed by atoms with E-state index in [1.165, 1.54) is 0 Å². The standard InChI is InChI=1S/C14H29N3O/c1-5-14(6-2)9-12(7-8-18-14)17-13(15)16-10-11(3)4/h11-12H,5-10H2,1-4H3,(H3,15,16,17). The first-order chi connectivity index (χ1) is 8.51. The molecule has 0 saturated carbocycles. The summed E-state index contributed by atoms with van der Waals surface area (Å²) in [5, 5.41) is 3.35. The van der Waals surface area contributed by atoms with E-state index in [9.17, 15) is 0 Å². The maximum absolute atomic E-state index is 5.95. The van der Waals surface area contributed by atoms with Crippen LogP contribution in [0.3, 0.4) is 0 Å². The highest BCUT2D eigenvalue weighted by atomic mass is 16.5. The fourth-order valence-electron chi connectivity index (χ4n) is 2.43. The predicted octanol–water partition coefficient (Wildman–Crippen LogP) is 2.28. The van der Waals surface area contributed by atoms with Gasteiger partial charge in [0.15, 0.2) is 5.96 Å². The number of nitrogens with one attached hydrogen (secondary N) is 1. The molecule has 1 fully saturated rings. The van der Waals surface area contributed by atoms with Gasteiger partial charge >= 0.3 is 0 Å². The van der Waals surface area contributed by atoms with Gasteiger partial charge in [0.1, 0.15) is 0 Å². The van der Waals surface area contributed by atoms with E-state index >= 15 is 0 Å². The van der Waals surface area contributed by atoms with Gasteiger partial charge in [-0.25, -0.2) is 0 Å². The van der Waals surface area contributed by atoms with E-state index in [0.717, 1.165) is 38.8 Å². The Hall–Kier alpha value is -0.770. The van der Waals surface area contributed by atoms with Gasteiger partial charge in [-0.1, -0.05) is 27.7 Å². The number of hydrogen-bond acceptors (Lipinski definition) is 2. The second-order valence-electron chi connectivity index (χ2n) is 5.69. The van der Waals surface area contributed by atoms with Gasteiger partial charge < -0.3 is 15.8 Å². The summed E-state index contributed by atoms with van der Waals surface area (Å²) in [6.45, 7) is 10.3. The van der Waals surface area contributed by atoms with Crippen LogP contribution in [0.15, 0.2) is 4.99 Å². The Balaban J connectivity index is 2.49. The molecular weight excluding hydrogens is 226 g/mol. The number of nitrogens with zero attached hydrogens (tertiary/aromatic N) is 1. The van der Waals surface area contributed by atoms with E-state index in [-0.39, 0.29) is 5.60 Å². The third-order valence-corrected chi connectivity index (χ3v) is 3.76. The predicted molar refractivity (Wildman–Crippen MR) is 76.8 cm³/mol. The molecule has 0 spiro atoms. The van der Waals surface area contributed by atoms with Crippen LogP contribution in [0.2, 0.25) is 0 Å². The van der Waals surface area contributed by atoms with E-state index in [0.29, 0.717) is 17.9 Å². The van der Waals surface area contributed by atoms with Crippen molar-refractivity contribution in [1.82, 2.24) is 5.32 Å². The summed E-state index contributed by atoms with van der Waals surface area (Å²) in [6, 6.07) is 0.398. The van der Waals surface area contributed by atoms with Gasteiger partial charge in [0.2, 0.25) is 0 Å². The molecule has 106 valence electrons.